The SMILES string of the molecule is CCN(c1ccccn1)c1nc(NCC(c2ccccc2)c2ccccc2)c2ncn([C@@H]3O[C@H](c4ncn[nH]4)[C@@H](O)[C@H]3O)c2n1. The molecule has 4 aromatic heterocycles. The van der Waals surface area contributed by atoms with Gasteiger partial charge < -0.3 is 20.3 Å². The van der Waals surface area contributed by atoms with Crippen molar-refractivity contribution in [3.05, 3.63) is 115 Å². The summed E-state index contributed by atoms with van der Waals surface area (Å²) in [6.07, 6.45) is 0.135. The van der Waals surface area contributed by atoms with Gasteiger partial charge in [-0.1, -0.05) is 66.7 Å². The molecule has 1 saturated heterocycles. The van der Waals surface area contributed by atoms with E-state index in [9.17, 15) is 10.2 Å². The molecule has 2 aromatic carbocycles. The standard InChI is InChI=1S/C32H32N10O3/c1-2-41(23-15-9-10-16-33-23)32-38-28(34-17-22(20-11-5-3-6-12-20)21-13-7-4-8-14-21)24-30(39-32)42(19-36-24)31-26(44)25(43)27(45-31)29-35-18-37-40-29/h3-16,18-19,22,25-27,31,43-44H,2,17H2,1H3,(H,34,38,39)(H,35,37,40)/t25-,26+,27-,31+/m0/s1. The lowest BCUT2D eigenvalue weighted by Crippen LogP contribution is -2.29. The maximum atomic E-state index is 11.1. The second kappa shape index (κ2) is 12.4. The smallest absolute Gasteiger partial charge is 0.235 e. The predicted octanol–water partition coefficient (Wildman–Crippen LogP) is 3.73. The first-order valence-corrected chi connectivity index (χ1v) is 14.8. The molecule has 13 nitrogen and oxygen atoms in total. The van der Waals surface area contributed by atoms with Crippen LogP contribution in [0, 0.1) is 0 Å². The third-order valence-corrected chi connectivity index (χ3v) is 7.99. The molecule has 1 fully saturated rings. The molecular formula is C32H32N10O3. The first-order chi connectivity index (χ1) is 22.1. The minimum atomic E-state index is -1.29. The number of benzene rings is 2. The van der Waals surface area contributed by atoms with Gasteiger partial charge in [0.2, 0.25) is 5.95 Å². The average molecular weight is 605 g/mol. The fourth-order valence-corrected chi connectivity index (χ4v) is 5.72. The molecule has 0 saturated carbocycles. The van der Waals surface area contributed by atoms with Gasteiger partial charge in [-0.25, -0.2) is 15.0 Å². The van der Waals surface area contributed by atoms with Gasteiger partial charge in [0.15, 0.2) is 29.0 Å². The van der Waals surface area contributed by atoms with Crippen LogP contribution in [-0.2, 0) is 4.74 Å². The van der Waals surface area contributed by atoms with E-state index < -0.39 is 24.5 Å². The summed E-state index contributed by atoms with van der Waals surface area (Å²) in [5, 5.41) is 32.1. The number of fused-ring (bicyclic) bond motifs is 1. The molecule has 7 rings (SSSR count). The number of aliphatic hydroxyl groups is 2. The third-order valence-electron chi connectivity index (χ3n) is 7.99. The number of rotatable bonds is 10. The Morgan fingerprint density at radius 1 is 0.911 bits per heavy atom. The zero-order valence-electron chi connectivity index (χ0n) is 24.4. The van der Waals surface area contributed by atoms with Crippen LogP contribution in [0.15, 0.2) is 97.7 Å². The molecule has 1 aliphatic heterocycles. The van der Waals surface area contributed by atoms with Crippen molar-refractivity contribution in [3.63, 3.8) is 0 Å². The van der Waals surface area contributed by atoms with Crippen LogP contribution in [0.5, 0.6) is 0 Å². The zero-order chi connectivity index (χ0) is 30.8. The largest absolute Gasteiger partial charge is 0.387 e. The molecule has 0 unspecified atom stereocenters. The van der Waals surface area contributed by atoms with Crippen LogP contribution in [0.2, 0.25) is 0 Å². The van der Waals surface area contributed by atoms with Gasteiger partial charge in [-0.3, -0.25) is 14.6 Å². The van der Waals surface area contributed by atoms with Crippen molar-refractivity contribution in [1.29, 1.82) is 0 Å². The summed E-state index contributed by atoms with van der Waals surface area (Å²) >= 11 is 0. The molecule has 228 valence electrons. The summed E-state index contributed by atoms with van der Waals surface area (Å²) in [5.41, 5.74) is 3.23. The summed E-state index contributed by atoms with van der Waals surface area (Å²) in [6.45, 7) is 3.06. The number of nitrogens with one attached hydrogen (secondary N) is 2. The van der Waals surface area contributed by atoms with Crippen molar-refractivity contribution >= 4 is 28.7 Å². The quantitative estimate of drug-likeness (QED) is 0.180. The monoisotopic (exact) mass is 604 g/mol. The van der Waals surface area contributed by atoms with E-state index in [0.717, 1.165) is 11.1 Å². The molecular weight excluding hydrogens is 572 g/mol. The number of aromatic amines is 1. The van der Waals surface area contributed by atoms with E-state index >= 15 is 0 Å². The van der Waals surface area contributed by atoms with E-state index in [0.29, 0.717) is 47.7 Å². The number of hydrogen-bond donors (Lipinski definition) is 4. The van der Waals surface area contributed by atoms with Crippen LogP contribution in [0.1, 0.15) is 42.1 Å². The van der Waals surface area contributed by atoms with Crippen molar-refractivity contribution in [2.24, 2.45) is 0 Å². The Labute approximate surface area is 258 Å². The van der Waals surface area contributed by atoms with Crippen LogP contribution >= 0.6 is 0 Å². The van der Waals surface area contributed by atoms with Crippen LogP contribution in [-0.4, -0.2) is 75.2 Å². The number of H-pyrrole nitrogens is 1. The maximum Gasteiger partial charge on any atom is 0.235 e. The molecule has 0 aliphatic carbocycles. The number of aromatic nitrogens is 8. The molecule has 0 amide bonds. The Bertz CT molecular complexity index is 1800. The van der Waals surface area contributed by atoms with Crippen molar-refractivity contribution in [1.82, 2.24) is 39.7 Å². The Kier molecular flexibility index (Phi) is 7.86. The molecule has 5 heterocycles. The second-order valence-corrected chi connectivity index (χ2v) is 10.7. The van der Waals surface area contributed by atoms with Gasteiger partial charge >= 0.3 is 0 Å². The minimum absolute atomic E-state index is 0.0267. The number of nitrogens with zero attached hydrogens (tertiary/aromatic N) is 8. The van der Waals surface area contributed by atoms with Crippen LogP contribution < -0.4 is 10.2 Å². The van der Waals surface area contributed by atoms with Gasteiger partial charge in [0, 0.05) is 25.2 Å². The first kappa shape index (κ1) is 28.5. The van der Waals surface area contributed by atoms with Gasteiger partial charge in [0.1, 0.15) is 30.5 Å². The summed E-state index contributed by atoms with van der Waals surface area (Å²) < 4.78 is 7.75. The number of ether oxygens (including phenoxy) is 1. The molecule has 0 bridgehead atoms. The van der Waals surface area contributed by atoms with Crippen LogP contribution in [0.3, 0.4) is 0 Å². The lowest BCUT2D eigenvalue weighted by Gasteiger charge is -2.23. The van der Waals surface area contributed by atoms with E-state index in [2.05, 4.69) is 54.7 Å². The van der Waals surface area contributed by atoms with Gasteiger partial charge in [-0.2, -0.15) is 15.1 Å². The first-order valence-electron chi connectivity index (χ1n) is 14.8. The summed E-state index contributed by atoms with van der Waals surface area (Å²) in [6, 6.07) is 26.3. The van der Waals surface area contributed by atoms with Crippen LogP contribution in [0.25, 0.3) is 11.2 Å². The van der Waals surface area contributed by atoms with Gasteiger partial charge in [0.05, 0.1) is 6.33 Å². The summed E-state index contributed by atoms with van der Waals surface area (Å²) in [5.74, 6) is 1.93. The van der Waals surface area contributed by atoms with Gasteiger partial charge in [-0.05, 0) is 30.2 Å². The molecule has 4 N–H and O–H groups in total. The molecule has 13 heteroatoms. The highest BCUT2D eigenvalue weighted by Crippen LogP contribution is 2.39. The Morgan fingerprint density at radius 3 is 2.29 bits per heavy atom. The van der Waals surface area contributed by atoms with E-state index in [-0.39, 0.29) is 5.92 Å². The van der Waals surface area contributed by atoms with E-state index in [1.54, 1.807) is 17.1 Å². The fourth-order valence-electron chi connectivity index (χ4n) is 5.72. The molecule has 0 radical (unpaired) electrons. The molecule has 4 atom stereocenters. The Hall–Kier alpha value is -5.24. The van der Waals surface area contributed by atoms with Crippen molar-refractivity contribution in [3.8, 4) is 0 Å². The van der Waals surface area contributed by atoms with E-state index in [1.807, 2.05) is 66.4 Å². The summed E-state index contributed by atoms with van der Waals surface area (Å²) in [4.78, 5) is 25.1. The number of anilines is 3. The Morgan fingerprint density at radius 2 is 1.64 bits per heavy atom. The molecule has 6 aromatic rings. The van der Waals surface area contributed by atoms with E-state index in [1.165, 1.54) is 6.33 Å². The third kappa shape index (κ3) is 5.48. The van der Waals surface area contributed by atoms with Crippen molar-refractivity contribution in [2.75, 3.05) is 23.3 Å². The summed E-state index contributed by atoms with van der Waals surface area (Å²) in [7, 11) is 0. The maximum absolute atomic E-state index is 11.1. The minimum Gasteiger partial charge on any atom is -0.387 e. The topological polar surface area (TPSA) is 163 Å². The number of imidazole rings is 1. The molecule has 45 heavy (non-hydrogen) atoms. The zero-order valence-corrected chi connectivity index (χ0v) is 24.4. The lowest BCUT2D eigenvalue weighted by molar-refractivity contribution is -0.0382. The number of hydrogen-bond acceptors (Lipinski definition) is 11. The fraction of sp³-hybridized carbons (Fsp3) is 0.250. The predicted molar refractivity (Wildman–Crippen MR) is 167 cm³/mol. The molecule has 0 spiro atoms. The highest BCUT2D eigenvalue weighted by atomic mass is 16.6. The Balaban J connectivity index is 1.30. The highest BCUT2D eigenvalue weighted by molar-refractivity contribution is 5.85. The van der Waals surface area contributed by atoms with Crippen molar-refractivity contribution in [2.45, 2.75) is 37.4 Å². The number of pyridine rings is 1. The van der Waals surface area contributed by atoms with E-state index in [4.69, 9.17) is 14.7 Å². The second-order valence-electron chi connectivity index (χ2n) is 10.7. The highest BCUT2D eigenvalue weighted by Gasteiger charge is 2.46. The normalized spacial score (nSPS) is 19.7. The van der Waals surface area contributed by atoms with Gasteiger partial charge in [-0.15, -0.1) is 0 Å². The van der Waals surface area contributed by atoms with Gasteiger partial charge in [0.25, 0.3) is 0 Å². The van der Waals surface area contributed by atoms with Crippen molar-refractivity contribution < 1.29 is 14.9 Å². The lowest BCUT2D eigenvalue weighted by atomic mass is 9.91. The molecule has 1 aliphatic rings. The average Bonchev–Trinajstić information content (AvgIpc) is 3.83. The van der Waals surface area contributed by atoms with Crippen LogP contribution in [0.4, 0.5) is 17.6 Å². The number of aliphatic hydroxyl groups excluding tert-OH is 2.